The Balaban J connectivity index is 2.06. The van der Waals surface area contributed by atoms with E-state index >= 15 is 0 Å². The molecule has 2 rings (SSSR count). The van der Waals surface area contributed by atoms with Gasteiger partial charge in [0.2, 0.25) is 5.76 Å². The zero-order chi connectivity index (χ0) is 11.4. The average molecular weight is 218 g/mol. The Labute approximate surface area is 91.7 Å². The van der Waals surface area contributed by atoms with E-state index in [1.807, 2.05) is 0 Å². The number of carbonyl (C=O) groups excluding carboxylic acids is 1. The number of benzene rings is 1. The predicted molar refractivity (Wildman–Crippen MR) is 56.8 cm³/mol. The van der Waals surface area contributed by atoms with Crippen LogP contribution in [0.3, 0.4) is 0 Å². The Morgan fingerprint density at radius 3 is 2.62 bits per heavy atom. The Morgan fingerprint density at radius 1 is 1.31 bits per heavy atom. The summed E-state index contributed by atoms with van der Waals surface area (Å²) in [6.07, 6.45) is 1.41. The number of aliphatic hydroxyl groups excluding tert-OH is 1. The molecule has 0 unspecified atom stereocenters. The molecule has 0 aliphatic heterocycles. The van der Waals surface area contributed by atoms with Crippen molar-refractivity contribution in [2.75, 3.05) is 5.32 Å². The molecule has 0 radical (unpaired) electrons. The molecule has 5 heteroatoms. The van der Waals surface area contributed by atoms with Gasteiger partial charge in [0.25, 0.3) is 5.91 Å². The quantitative estimate of drug-likeness (QED) is 0.816. The van der Waals surface area contributed by atoms with Crippen LogP contribution in [0.5, 0.6) is 0 Å². The second kappa shape index (κ2) is 4.59. The first kappa shape index (κ1) is 10.4. The molecule has 0 atom stereocenters. The van der Waals surface area contributed by atoms with Crippen molar-refractivity contribution in [3.8, 4) is 0 Å². The summed E-state index contributed by atoms with van der Waals surface area (Å²) in [7, 11) is 0. The molecule has 0 aliphatic carbocycles. The summed E-state index contributed by atoms with van der Waals surface area (Å²) in [6, 6.07) is 8.36. The van der Waals surface area contributed by atoms with E-state index in [-0.39, 0.29) is 18.3 Å². The van der Waals surface area contributed by atoms with Gasteiger partial charge < -0.3 is 14.9 Å². The van der Waals surface area contributed by atoms with Crippen LogP contribution in [-0.2, 0) is 6.61 Å². The zero-order valence-electron chi connectivity index (χ0n) is 8.38. The summed E-state index contributed by atoms with van der Waals surface area (Å²) < 4.78 is 4.71. The maximum Gasteiger partial charge on any atom is 0.294 e. The molecule has 5 nitrogen and oxygen atoms in total. The van der Waals surface area contributed by atoms with Gasteiger partial charge in [0, 0.05) is 11.8 Å². The summed E-state index contributed by atoms with van der Waals surface area (Å²) >= 11 is 0. The topological polar surface area (TPSA) is 75.4 Å². The molecule has 0 spiro atoms. The van der Waals surface area contributed by atoms with Crippen LogP contribution in [0.25, 0.3) is 0 Å². The smallest absolute Gasteiger partial charge is 0.294 e. The maximum atomic E-state index is 11.5. The van der Waals surface area contributed by atoms with Gasteiger partial charge in [-0.25, -0.2) is 0 Å². The normalized spacial score (nSPS) is 10.1. The molecule has 0 bridgehead atoms. The average Bonchev–Trinajstić information content (AvgIpc) is 2.83. The Morgan fingerprint density at radius 2 is 2.06 bits per heavy atom. The van der Waals surface area contributed by atoms with Gasteiger partial charge in [-0.3, -0.25) is 4.79 Å². The van der Waals surface area contributed by atoms with E-state index in [4.69, 9.17) is 9.63 Å². The summed E-state index contributed by atoms with van der Waals surface area (Å²) in [4.78, 5) is 11.5. The largest absolute Gasteiger partial charge is 0.392 e. The van der Waals surface area contributed by atoms with E-state index in [1.54, 1.807) is 24.3 Å². The molecule has 16 heavy (non-hydrogen) atoms. The molecule has 0 aliphatic rings. The van der Waals surface area contributed by atoms with E-state index in [0.717, 1.165) is 5.56 Å². The van der Waals surface area contributed by atoms with Crippen molar-refractivity contribution < 1.29 is 14.4 Å². The number of nitrogens with one attached hydrogen (secondary N) is 1. The molecule has 0 saturated heterocycles. The zero-order valence-corrected chi connectivity index (χ0v) is 8.38. The Bertz CT molecular complexity index is 462. The first-order valence-electron chi connectivity index (χ1n) is 4.71. The number of nitrogens with zero attached hydrogens (tertiary/aromatic N) is 1. The molecule has 0 saturated carbocycles. The van der Waals surface area contributed by atoms with Crippen molar-refractivity contribution in [2.45, 2.75) is 6.61 Å². The van der Waals surface area contributed by atoms with Crippen LogP contribution in [0, 0.1) is 0 Å². The van der Waals surface area contributed by atoms with Crippen LogP contribution in [0.15, 0.2) is 41.1 Å². The lowest BCUT2D eigenvalue weighted by Crippen LogP contribution is -2.10. The van der Waals surface area contributed by atoms with Crippen LogP contribution in [-0.4, -0.2) is 16.2 Å². The molecule has 1 aromatic carbocycles. The van der Waals surface area contributed by atoms with E-state index in [9.17, 15) is 4.79 Å². The maximum absolute atomic E-state index is 11.5. The number of carbonyl (C=O) groups is 1. The van der Waals surface area contributed by atoms with Crippen molar-refractivity contribution in [1.29, 1.82) is 0 Å². The van der Waals surface area contributed by atoms with Gasteiger partial charge in [-0.1, -0.05) is 17.3 Å². The van der Waals surface area contributed by atoms with Crippen LogP contribution in [0.4, 0.5) is 5.69 Å². The lowest BCUT2D eigenvalue weighted by Gasteiger charge is -2.03. The first-order chi connectivity index (χ1) is 7.79. The number of anilines is 1. The van der Waals surface area contributed by atoms with Gasteiger partial charge in [0.05, 0.1) is 12.8 Å². The van der Waals surface area contributed by atoms with Crippen molar-refractivity contribution in [3.05, 3.63) is 47.9 Å². The molecule has 2 N–H and O–H groups in total. The first-order valence-corrected chi connectivity index (χ1v) is 4.71. The monoisotopic (exact) mass is 218 g/mol. The van der Waals surface area contributed by atoms with Crippen molar-refractivity contribution in [3.63, 3.8) is 0 Å². The van der Waals surface area contributed by atoms with Gasteiger partial charge in [-0.15, -0.1) is 0 Å². The lowest BCUT2D eigenvalue weighted by atomic mass is 10.2. The molecular formula is C11H10N2O3. The number of hydrogen-bond acceptors (Lipinski definition) is 4. The molecule has 2 aromatic rings. The molecule has 1 aromatic heterocycles. The third kappa shape index (κ3) is 2.26. The Kier molecular flexibility index (Phi) is 2.98. The van der Waals surface area contributed by atoms with E-state index < -0.39 is 0 Å². The van der Waals surface area contributed by atoms with Gasteiger partial charge >= 0.3 is 0 Å². The van der Waals surface area contributed by atoms with Crippen LogP contribution in [0.1, 0.15) is 16.1 Å². The highest BCUT2D eigenvalue weighted by molar-refractivity contribution is 6.02. The summed E-state index contributed by atoms with van der Waals surface area (Å²) in [5.41, 5.74) is 1.43. The van der Waals surface area contributed by atoms with E-state index in [0.29, 0.717) is 5.69 Å². The molecule has 1 amide bonds. The Hall–Kier alpha value is -2.14. The minimum Gasteiger partial charge on any atom is -0.392 e. The highest BCUT2D eigenvalue weighted by atomic mass is 16.5. The lowest BCUT2D eigenvalue weighted by molar-refractivity contribution is 0.0988. The molecular weight excluding hydrogens is 208 g/mol. The molecule has 0 fully saturated rings. The van der Waals surface area contributed by atoms with Crippen LogP contribution < -0.4 is 5.32 Å². The second-order valence-corrected chi connectivity index (χ2v) is 3.19. The number of amides is 1. The fourth-order valence-electron chi connectivity index (χ4n) is 1.22. The standard InChI is InChI=1S/C11H10N2O3/c14-7-8-1-3-9(4-2-8)13-11(15)10-5-6-12-16-10/h1-6,14H,7H2,(H,13,15). The van der Waals surface area contributed by atoms with Crippen molar-refractivity contribution >= 4 is 11.6 Å². The third-order valence-corrected chi connectivity index (χ3v) is 2.06. The highest BCUT2D eigenvalue weighted by Gasteiger charge is 2.09. The molecule has 1 heterocycles. The number of hydrogen-bond donors (Lipinski definition) is 2. The molecule has 82 valence electrons. The van der Waals surface area contributed by atoms with Gasteiger partial charge in [0.1, 0.15) is 0 Å². The van der Waals surface area contributed by atoms with Crippen molar-refractivity contribution in [2.24, 2.45) is 0 Å². The SMILES string of the molecule is O=C(Nc1ccc(CO)cc1)c1ccno1. The summed E-state index contributed by atoms with van der Waals surface area (Å²) in [6.45, 7) is -0.0175. The van der Waals surface area contributed by atoms with Gasteiger partial charge in [-0.05, 0) is 17.7 Å². The third-order valence-electron chi connectivity index (χ3n) is 2.06. The van der Waals surface area contributed by atoms with Gasteiger partial charge in [0.15, 0.2) is 0 Å². The van der Waals surface area contributed by atoms with E-state index in [2.05, 4.69) is 10.5 Å². The summed E-state index contributed by atoms with van der Waals surface area (Å²) in [5, 5.41) is 14.9. The van der Waals surface area contributed by atoms with Crippen LogP contribution >= 0.6 is 0 Å². The summed E-state index contributed by atoms with van der Waals surface area (Å²) in [5.74, 6) is -0.194. The fraction of sp³-hybridized carbons (Fsp3) is 0.0909. The van der Waals surface area contributed by atoms with Gasteiger partial charge in [-0.2, -0.15) is 0 Å². The number of rotatable bonds is 3. The number of aromatic nitrogens is 1. The number of aliphatic hydroxyl groups is 1. The predicted octanol–water partition coefficient (Wildman–Crippen LogP) is 1.42. The fourth-order valence-corrected chi connectivity index (χ4v) is 1.22. The minimum absolute atomic E-state index is 0.0175. The van der Waals surface area contributed by atoms with Crippen LogP contribution in [0.2, 0.25) is 0 Å². The second-order valence-electron chi connectivity index (χ2n) is 3.19. The van der Waals surface area contributed by atoms with Crippen molar-refractivity contribution in [1.82, 2.24) is 5.16 Å². The minimum atomic E-state index is -0.353. The van der Waals surface area contributed by atoms with E-state index in [1.165, 1.54) is 12.3 Å². The highest BCUT2D eigenvalue weighted by Crippen LogP contribution is 2.11.